The van der Waals surface area contributed by atoms with E-state index < -0.39 is 0 Å². The van der Waals surface area contributed by atoms with Gasteiger partial charge in [-0.25, -0.2) is 4.70 Å². The van der Waals surface area contributed by atoms with E-state index in [1.54, 1.807) is 0 Å². The van der Waals surface area contributed by atoms with Crippen molar-refractivity contribution in [1.82, 2.24) is 0 Å². The van der Waals surface area contributed by atoms with Crippen molar-refractivity contribution in [1.29, 1.82) is 0 Å². The summed E-state index contributed by atoms with van der Waals surface area (Å²) in [5, 5.41) is 0. The molecule has 0 radical (unpaired) electrons. The van der Waals surface area contributed by atoms with Crippen molar-refractivity contribution in [3.63, 3.8) is 0 Å². The van der Waals surface area contributed by atoms with Gasteiger partial charge in [-0.1, -0.05) is 224 Å². The Morgan fingerprint density at radius 1 is 0.533 bits per heavy atom. The molecule has 0 aromatic heterocycles. The number of hydrogen-bond acceptors (Lipinski definition) is 0. The fourth-order valence-corrected chi connectivity index (χ4v) is 7.93. The van der Waals surface area contributed by atoms with Crippen LogP contribution in [0.5, 0.6) is 0 Å². The summed E-state index contributed by atoms with van der Waals surface area (Å²) >= 11 is 0. The van der Waals surface area contributed by atoms with Gasteiger partial charge in [-0.2, -0.15) is 12.8 Å². The Labute approximate surface area is 388 Å². The largest absolute Gasteiger partial charge is 2.00 e. The van der Waals surface area contributed by atoms with Gasteiger partial charge in [0.2, 0.25) is 11.4 Å². The number of allylic oxidation sites excluding steroid dienone is 4. The number of rotatable bonds is 33. The molecule has 0 fully saturated rings. The number of nitrogens with zero attached hydrogens (tertiary/aromatic N) is 2. The first kappa shape index (κ1) is 57.9. The van der Waals surface area contributed by atoms with Gasteiger partial charge < -0.3 is 19.4 Å². The summed E-state index contributed by atoms with van der Waals surface area (Å²) in [6.45, 7) is 18.8. The van der Waals surface area contributed by atoms with Crippen LogP contribution in [0.1, 0.15) is 249 Å². The molecule has 0 spiro atoms. The topological polar surface area (TPSA) is 25.3 Å². The Morgan fingerprint density at radius 2 is 1.00 bits per heavy atom. The van der Waals surface area contributed by atoms with Crippen LogP contribution >= 0.6 is 0 Å². The van der Waals surface area contributed by atoms with Gasteiger partial charge >= 0.3 is 20.4 Å². The molecule has 2 aromatic rings. The van der Waals surface area contributed by atoms with Crippen LogP contribution in [-0.2, 0) is 33.3 Å². The van der Waals surface area contributed by atoms with Crippen LogP contribution in [0.25, 0.3) is 16.9 Å². The van der Waals surface area contributed by atoms with Gasteiger partial charge in [-0.15, -0.1) is 0 Å². The van der Waals surface area contributed by atoms with Gasteiger partial charge in [-0.05, 0) is 74.8 Å². The molecule has 0 saturated carbocycles. The average molecular weight is 914 g/mol. The molecule has 0 atom stereocenters. The summed E-state index contributed by atoms with van der Waals surface area (Å²) in [5.74, 6) is 0. The predicted molar refractivity (Wildman–Crippen MR) is 266 cm³/mol. The van der Waals surface area contributed by atoms with Crippen molar-refractivity contribution in [3.05, 3.63) is 114 Å². The monoisotopic (exact) mass is 913 g/mol. The maximum absolute atomic E-state index is 11.4. The van der Waals surface area contributed by atoms with E-state index in [4.69, 9.17) is 0 Å². The van der Waals surface area contributed by atoms with Crippen molar-refractivity contribution < 1.29 is 25.1 Å². The third-order valence-corrected chi connectivity index (χ3v) is 11.7. The Morgan fingerprint density at radius 3 is 1.48 bits per heavy atom. The Bertz CT molecular complexity index is 1340. The molecule has 60 heavy (non-hydrogen) atoms. The zero-order valence-corrected chi connectivity index (χ0v) is 41.7. The summed E-state index contributed by atoms with van der Waals surface area (Å²) < 4.78 is 1.44. The van der Waals surface area contributed by atoms with Crippen LogP contribution in [0.15, 0.2) is 72.3 Å². The molecule has 0 bridgehead atoms. The fraction of sp³-hybridized carbons (Fsp3) is 0.649. The molecule has 1 aliphatic heterocycles. The van der Waals surface area contributed by atoms with Crippen molar-refractivity contribution in [3.8, 4) is 0 Å². The van der Waals surface area contributed by atoms with E-state index in [0.717, 1.165) is 73.9 Å². The molecule has 2 aromatic carbocycles. The molecule has 0 aliphatic carbocycles. The van der Waals surface area contributed by atoms with Gasteiger partial charge in [0.15, 0.2) is 0 Å². The second kappa shape index (κ2) is 42.2. The van der Waals surface area contributed by atoms with Crippen molar-refractivity contribution in [2.24, 2.45) is 0 Å². The molecule has 1 heterocycles. The smallest absolute Gasteiger partial charge is 0.493 e. The standard InChI is InChI=1S/C29H36N2.2C14H29.Pd/c1-4-7-10-17-24-18-11-12-20-27(24)29-26(16-9-6-3)22-28(31(29)30)25-19-13-15-23(21-25)14-8-5-2;2*1-3-5-7-9-11-13-14-12-10-8-6-4-2;/h4,7,11-13,15,18-22H,5-6,8-10,14,16-17H2,1-3H3;2*1,3-14H2,2H3;/q;2*-1;+2. The number of unbranched alkanes of at least 4 members (excludes halogenated alkanes) is 24. The summed E-state index contributed by atoms with van der Waals surface area (Å²) in [5.41, 5.74) is 19.3. The molecule has 342 valence electrons. The van der Waals surface area contributed by atoms with Crippen LogP contribution in [0, 0.1) is 13.8 Å². The molecule has 0 unspecified atom stereocenters. The van der Waals surface area contributed by atoms with Gasteiger partial charge in [-0.3, -0.25) is 0 Å². The molecular formula is C57H94N2Pd. The third-order valence-electron chi connectivity index (χ3n) is 11.7. The first-order valence-electron chi connectivity index (χ1n) is 25.3. The fourth-order valence-electron chi connectivity index (χ4n) is 7.93. The van der Waals surface area contributed by atoms with E-state index >= 15 is 0 Å². The normalized spacial score (nSPS) is 12.2. The van der Waals surface area contributed by atoms with E-state index in [0.29, 0.717) is 0 Å². The molecular weight excluding hydrogens is 819 g/mol. The Balaban J connectivity index is 0.00000100. The van der Waals surface area contributed by atoms with Gasteiger partial charge in [0.25, 0.3) is 0 Å². The van der Waals surface area contributed by atoms with E-state index in [1.165, 1.54) is 175 Å². The molecule has 3 heteroatoms. The van der Waals surface area contributed by atoms with Crippen molar-refractivity contribution in [2.45, 2.75) is 240 Å². The third kappa shape index (κ3) is 27.8. The predicted octanol–water partition coefficient (Wildman–Crippen LogP) is 19.6. The van der Waals surface area contributed by atoms with Gasteiger partial charge in [0.1, 0.15) is 0 Å². The number of aryl methyl sites for hydroxylation is 2. The molecule has 1 aliphatic rings. The van der Waals surface area contributed by atoms with Crippen LogP contribution < -0.4 is 0 Å². The maximum atomic E-state index is 11.4. The quantitative estimate of drug-likeness (QED) is 0.0224. The van der Waals surface area contributed by atoms with Crippen LogP contribution in [-0.4, -0.2) is 4.70 Å². The number of hydrogen-bond donors (Lipinski definition) is 0. The summed E-state index contributed by atoms with van der Waals surface area (Å²) in [6.07, 6.45) is 48.9. The van der Waals surface area contributed by atoms with Crippen LogP contribution in [0.4, 0.5) is 0 Å². The van der Waals surface area contributed by atoms with Crippen molar-refractivity contribution in [2.75, 3.05) is 0 Å². The van der Waals surface area contributed by atoms with E-state index in [9.17, 15) is 5.53 Å². The van der Waals surface area contributed by atoms with E-state index in [1.807, 2.05) is 0 Å². The van der Waals surface area contributed by atoms with Crippen LogP contribution in [0.3, 0.4) is 0 Å². The number of benzene rings is 2. The van der Waals surface area contributed by atoms with Crippen molar-refractivity contribution >= 4 is 11.4 Å². The van der Waals surface area contributed by atoms with E-state index in [-0.39, 0.29) is 20.4 Å². The van der Waals surface area contributed by atoms with Gasteiger partial charge in [0, 0.05) is 22.8 Å². The van der Waals surface area contributed by atoms with Gasteiger partial charge in [0.05, 0.1) is 0 Å². The first-order chi connectivity index (χ1) is 29.0. The maximum Gasteiger partial charge on any atom is 2.00 e. The zero-order valence-electron chi connectivity index (χ0n) is 40.1. The minimum Gasteiger partial charge on any atom is -0.493 e. The molecule has 2 nitrogen and oxygen atoms in total. The Kier molecular flexibility index (Phi) is 40.8. The molecule has 0 amide bonds. The SMILES string of the molecule is CC=CCCc1ccccc1C1=C(CCCC)C=C(c2cccc(CCCC)c2)[N+]1=[N-].[CH2-]CCCCCCCCCCCCC.[CH2-]CCCCCCCCCCCCC.[Pd+2]. The molecule has 3 rings (SSSR count). The van der Waals surface area contributed by atoms with E-state index in [2.05, 4.69) is 115 Å². The summed E-state index contributed by atoms with van der Waals surface area (Å²) in [7, 11) is 0. The second-order valence-corrected chi connectivity index (χ2v) is 17.2. The summed E-state index contributed by atoms with van der Waals surface area (Å²) in [4.78, 5) is 0. The summed E-state index contributed by atoms with van der Waals surface area (Å²) in [6, 6.07) is 17.2. The second-order valence-electron chi connectivity index (χ2n) is 17.2. The molecule has 0 saturated heterocycles. The zero-order chi connectivity index (χ0) is 43.0. The average Bonchev–Trinajstić information content (AvgIpc) is 3.59. The minimum absolute atomic E-state index is 0. The van der Waals surface area contributed by atoms with Crippen LogP contribution in [0.2, 0.25) is 0 Å². The first-order valence-corrected chi connectivity index (χ1v) is 25.3. The minimum atomic E-state index is 0. The Hall–Kier alpha value is -2.08. The molecule has 0 N–H and O–H groups in total.